The Balaban J connectivity index is 1.63. The number of likely N-dealkylation sites (tertiary alicyclic amines) is 1. The Labute approximate surface area is 196 Å². The summed E-state index contributed by atoms with van der Waals surface area (Å²) in [5, 5.41) is 3.40. The Morgan fingerprint density at radius 1 is 1.03 bits per heavy atom. The van der Waals surface area contributed by atoms with Gasteiger partial charge >= 0.3 is 0 Å². The van der Waals surface area contributed by atoms with Crippen LogP contribution in [0.2, 0.25) is 10.0 Å². The minimum Gasteiger partial charge on any atom is -0.341 e. The van der Waals surface area contributed by atoms with Gasteiger partial charge in [-0.25, -0.2) is 4.39 Å². The summed E-state index contributed by atoms with van der Waals surface area (Å²) < 4.78 is 13.9. The van der Waals surface area contributed by atoms with E-state index < -0.39 is 17.8 Å². The zero-order valence-electron chi connectivity index (χ0n) is 17.9. The van der Waals surface area contributed by atoms with Crippen LogP contribution in [0.1, 0.15) is 47.4 Å². The number of hydrogen-bond acceptors (Lipinski definition) is 3. The largest absolute Gasteiger partial charge is 0.341 e. The van der Waals surface area contributed by atoms with Gasteiger partial charge in [0.2, 0.25) is 5.91 Å². The summed E-state index contributed by atoms with van der Waals surface area (Å²) in [6, 6.07) is 9.69. The molecule has 1 atom stereocenters. The van der Waals surface area contributed by atoms with E-state index in [1.165, 1.54) is 18.2 Å². The molecule has 3 rings (SSSR count). The van der Waals surface area contributed by atoms with Crippen molar-refractivity contribution in [1.29, 1.82) is 0 Å². The molecule has 0 saturated carbocycles. The molecule has 1 aliphatic rings. The van der Waals surface area contributed by atoms with Crippen LogP contribution in [-0.2, 0) is 4.79 Å². The summed E-state index contributed by atoms with van der Waals surface area (Å²) in [6.45, 7) is 4.44. The number of Topliss-reactive ketones (excluding diaryl/α,β-unsaturated/α-hetero) is 1. The normalized spacial score (nSPS) is 15.5. The van der Waals surface area contributed by atoms with E-state index in [9.17, 15) is 18.8 Å². The molecule has 2 aromatic rings. The lowest BCUT2D eigenvalue weighted by Gasteiger charge is -2.35. The maximum Gasteiger partial charge on any atom is 0.254 e. The highest BCUT2D eigenvalue weighted by Crippen LogP contribution is 2.27. The molecule has 32 heavy (non-hydrogen) atoms. The summed E-state index contributed by atoms with van der Waals surface area (Å²) in [7, 11) is 0. The molecule has 0 spiro atoms. The lowest BCUT2D eigenvalue weighted by atomic mass is 9.88. The molecule has 2 amide bonds. The number of piperidine rings is 1. The van der Waals surface area contributed by atoms with Gasteiger partial charge in [0.25, 0.3) is 5.91 Å². The highest BCUT2D eigenvalue weighted by atomic mass is 35.5. The lowest BCUT2D eigenvalue weighted by Crippen LogP contribution is -2.53. The van der Waals surface area contributed by atoms with E-state index in [-0.39, 0.29) is 29.1 Å². The molecule has 0 aliphatic carbocycles. The second-order valence-electron chi connectivity index (χ2n) is 8.27. The molecule has 1 saturated heterocycles. The molecule has 0 bridgehead atoms. The fourth-order valence-corrected chi connectivity index (χ4v) is 4.12. The number of hydrogen-bond donors (Lipinski definition) is 1. The van der Waals surface area contributed by atoms with Crippen molar-refractivity contribution < 1.29 is 18.8 Å². The fraction of sp³-hybridized carbons (Fsp3) is 0.375. The van der Waals surface area contributed by atoms with E-state index in [4.69, 9.17) is 23.2 Å². The Hall–Kier alpha value is -2.44. The summed E-state index contributed by atoms with van der Waals surface area (Å²) in [4.78, 5) is 40.1. The molecular weight excluding hydrogens is 454 g/mol. The zero-order chi connectivity index (χ0) is 23.4. The van der Waals surface area contributed by atoms with Gasteiger partial charge in [-0.15, -0.1) is 0 Å². The number of benzene rings is 2. The molecule has 1 aliphatic heterocycles. The maximum atomic E-state index is 13.9. The van der Waals surface area contributed by atoms with Crippen LogP contribution in [0.3, 0.4) is 0 Å². The van der Waals surface area contributed by atoms with Crippen molar-refractivity contribution in [1.82, 2.24) is 10.2 Å². The Bertz CT molecular complexity index is 1020. The number of carbonyl (C=O) groups excluding carboxylic acids is 3. The summed E-state index contributed by atoms with van der Waals surface area (Å²) >= 11 is 12.0. The van der Waals surface area contributed by atoms with Crippen molar-refractivity contribution in [2.45, 2.75) is 32.7 Å². The first-order valence-electron chi connectivity index (χ1n) is 10.5. The van der Waals surface area contributed by atoms with Crippen LogP contribution in [0.15, 0.2) is 42.5 Å². The molecule has 0 radical (unpaired) electrons. The van der Waals surface area contributed by atoms with E-state index in [1.807, 2.05) is 13.8 Å². The van der Waals surface area contributed by atoms with Crippen LogP contribution >= 0.6 is 23.2 Å². The molecule has 1 N–H and O–H groups in total. The number of nitrogens with one attached hydrogen (secondary N) is 1. The minimum atomic E-state index is -0.788. The van der Waals surface area contributed by atoms with Crippen LogP contribution in [0, 0.1) is 17.7 Å². The monoisotopic (exact) mass is 478 g/mol. The molecular formula is C24H25Cl2FN2O3. The van der Waals surface area contributed by atoms with Gasteiger partial charge < -0.3 is 10.2 Å². The zero-order valence-corrected chi connectivity index (χ0v) is 19.4. The number of halogens is 3. The summed E-state index contributed by atoms with van der Waals surface area (Å²) in [5.74, 6) is -1.92. The lowest BCUT2D eigenvalue weighted by molar-refractivity contribution is -0.135. The molecule has 170 valence electrons. The molecule has 2 aromatic carbocycles. The molecule has 1 unspecified atom stereocenters. The Morgan fingerprint density at radius 2 is 1.69 bits per heavy atom. The van der Waals surface area contributed by atoms with Gasteiger partial charge in [-0.05, 0) is 49.1 Å². The van der Waals surface area contributed by atoms with Crippen molar-refractivity contribution in [3.63, 3.8) is 0 Å². The van der Waals surface area contributed by atoms with Gasteiger partial charge in [-0.3, -0.25) is 14.4 Å². The first kappa shape index (κ1) is 24.2. The third-order valence-electron chi connectivity index (χ3n) is 5.72. The van der Waals surface area contributed by atoms with Gasteiger partial charge in [0.15, 0.2) is 5.78 Å². The van der Waals surface area contributed by atoms with Crippen molar-refractivity contribution in [3.8, 4) is 0 Å². The van der Waals surface area contributed by atoms with Crippen molar-refractivity contribution in [2.75, 3.05) is 13.1 Å². The van der Waals surface area contributed by atoms with Crippen LogP contribution in [0.4, 0.5) is 4.39 Å². The molecule has 1 fully saturated rings. The molecule has 8 heteroatoms. The van der Waals surface area contributed by atoms with Gasteiger partial charge in [0.1, 0.15) is 11.9 Å². The molecule has 1 heterocycles. The smallest absolute Gasteiger partial charge is 0.254 e. The van der Waals surface area contributed by atoms with Crippen LogP contribution < -0.4 is 5.32 Å². The number of ketones is 1. The van der Waals surface area contributed by atoms with Gasteiger partial charge in [-0.2, -0.15) is 0 Å². The van der Waals surface area contributed by atoms with E-state index >= 15 is 0 Å². The quantitative estimate of drug-likeness (QED) is 0.593. The SMILES string of the molecule is CC(C)C(NC(=O)c1ccccc1F)C(=O)N1CCC(C(=O)c2ccc(Cl)c(Cl)c2)CC1. The second-order valence-corrected chi connectivity index (χ2v) is 9.08. The second kappa shape index (κ2) is 10.5. The minimum absolute atomic E-state index is 0.0241. The third kappa shape index (κ3) is 5.48. The average Bonchev–Trinajstić information content (AvgIpc) is 2.78. The predicted molar refractivity (Wildman–Crippen MR) is 123 cm³/mol. The number of carbonyl (C=O) groups is 3. The highest BCUT2D eigenvalue weighted by molar-refractivity contribution is 6.42. The van der Waals surface area contributed by atoms with Crippen molar-refractivity contribution in [2.24, 2.45) is 11.8 Å². The predicted octanol–water partition coefficient (Wildman–Crippen LogP) is 5.01. The number of nitrogens with zero attached hydrogens (tertiary/aromatic N) is 1. The number of rotatable bonds is 6. The van der Waals surface area contributed by atoms with Crippen LogP contribution in [0.5, 0.6) is 0 Å². The standard InChI is InChI=1S/C24H25Cl2FN2O3/c1-14(2)21(28-23(31)17-5-3-4-6-20(17)27)24(32)29-11-9-15(10-12-29)22(30)16-7-8-18(25)19(26)13-16/h3-8,13-15,21H,9-12H2,1-2H3,(H,28,31). The fourth-order valence-electron chi connectivity index (χ4n) is 3.82. The Kier molecular flexibility index (Phi) is 7.91. The molecule has 0 aromatic heterocycles. The van der Waals surface area contributed by atoms with Crippen molar-refractivity contribution in [3.05, 3.63) is 69.5 Å². The maximum absolute atomic E-state index is 13.9. The van der Waals surface area contributed by atoms with Crippen molar-refractivity contribution >= 4 is 40.8 Å². The number of amides is 2. The van der Waals surface area contributed by atoms with Gasteiger partial charge in [0, 0.05) is 24.6 Å². The van der Waals surface area contributed by atoms with E-state index in [0.29, 0.717) is 41.5 Å². The van der Waals surface area contributed by atoms with Gasteiger partial charge in [0.05, 0.1) is 15.6 Å². The summed E-state index contributed by atoms with van der Waals surface area (Å²) in [6.07, 6.45) is 1.02. The molecule has 5 nitrogen and oxygen atoms in total. The first-order chi connectivity index (χ1) is 15.2. The van der Waals surface area contributed by atoms with E-state index in [0.717, 1.165) is 0 Å². The van der Waals surface area contributed by atoms with Gasteiger partial charge in [-0.1, -0.05) is 49.2 Å². The van der Waals surface area contributed by atoms with Crippen LogP contribution in [-0.4, -0.2) is 41.6 Å². The summed E-state index contributed by atoms with van der Waals surface area (Å²) in [5.41, 5.74) is 0.401. The van der Waals surface area contributed by atoms with Crippen LogP contribution in [0.25, 0.3) is 0 Å². The van der Waals surface area contributed by atoms with E-state index in [2.05, 4.69) is 5.32 Å². The van der Waals surface area contributed by atoms with E-state index in [1.54, 1.807) is 29.2 Å². The topological polar surface area (TPSA) is 66.5 Å². The average molecular weight is 479 g/mol. The Morgan fingerprint density at radius 3 is 2.28 bits per heavy atom. The highest BCUT2D eigenvalue weighted by Gasteiger charge is 2.33. The first-order valence-corrected chi connectivity index (χ1v) is 11.3. The third-order valence-corrected chi connectivity index (χ3v) is 6.46.